The first kappa shape index (κ1) is 16.3. The van der Waals surface area contributed by atoms with Gasteiger partial charge in [0.05, 0.1) is 12.2 Å². The van der Waals surface area contributed by atoms with Crippen LogP contribution in [-0.4, -0.2) is 43.1 Å². The topological polar surface area (TPSA) is 151 Å². The standard InChI is InChI=1S/C12H13BFN7O2/c13-7-5-6(1-2-8(7)14)19-10(15)9-11(21-23-20-9)22-4-3-18-12(16)17/h1-2,5H,3-4H2,(H2,15,19)(H4,16,17,18). The molecular formula is C12H13BFN7O2. The predicted molar refractivity (Wildman–Crippen MR) is 82.6 cm³/mol. The molecule has 1 aromatic carbocycles. The highest BCUT2D eigenvalue weighted by Crippen LogP contribution is 2.16. The highest BCUT2D eigenvalue weighted by Gasteiger charge is 2.15. The van der Waals surface area contributed by atoms with E-state index in [0.717, 1.165) is 0 Å². The van der Waals surface area contributed by atoms with Gasteiger partial charge in [0.1, 0.15) is 20.3 Å². The van der Waals surface area contributed by atoms with Crippen LogP contribution >= 0.6 is 0 Å². The Morgan fingerprint density at radius 2 is 2.09 bits per heavy atom. The van der Waals surface area contributed by atoms with Crippen LogP contribution in [0, 0.1) is 5.82 Å². The Morgan fingerprint density at radius 3 is 2.78 bits per heavy atom. The molecule has 0 saturated carbocycles. The first-order valence-electron chi connectivity index (χ1n) is 6.37. The van der Waals surface area contributed by atoms with Gasteiger partial charge in [-0.15, -0.1) is 0 Å². The number of halogens is 1. The quantitative estimate of drug-likeness (QED) is 0.259. The molecule has 2 aromatic rings. The molecule has 118 valence electrons. The van der Waals surface area contributed by atoms with Crippen LogP contribution in [-0.2, 0) is 0 Å². The number of rotatable bonds is 6. The second-order valence-electron chi connectivity index (χ2n) is 4.28. The van der Waals surface area contributed by atoms with E-state index in [4.69, 9.17) is 29.8 Å². The third kappa shape index (κ3) is 4.43. The largest absolute Gasteiger partial charge is 0.472 e. The summed E-state index contributed by atoms with van der Waals surface area (Å²) in [4.78, 5) is 7.80. The van der Waals surface area contributed by atoms with E-state index in [0.29, 0.717) is 5.69 Å². The van der Waals surface area contributed by atoms with Gasteiger partial charge in [-0.05, 0) is 28.5 Å². The van der Waals surface area contributed by atoms with Gasteiger partial charge in [-0.2, -0.15) is 0 Å². The zero-order chi connectivity index (χ0) is 16.8. The fraction of sp³-hybridized carbons (Fsp3) is 0.167. The van der Waals surface area contributed by atoms with Crippen molar-refractivity contribution in [3.63, 3.8) is 0 Å². The normalized spacial score (nSPS) is 11.3. The Morgan fingerprint density at radius 1 is 1.30 bits per heavy atom. The van der Waals surface area contributed by atoms with Gasteiger partial charge in [0.25, 0.3) is 5.88 Å². The van der Waals surface area contributed by atoms with Crippen LogP contribution in [0.1, 0.15) is 5.69 Å². The predicted octanol–water partition coefficient (Wildman–Crippen LogP) is -1.31. The van der Waals surface area contributed by atoms with Crippen LogP contribution in [0.3, 0.4) is 0 Å². The number of hydrogen-bond acceptors (Lipinski definition) is 6. The Bertz CT molecular complexity index is 743. The molecule has 11 heteroatoms. The van der Waals surface area contributed by atoms with Crippen molar-refractivity contribution in [2.45, 2.75) is 0 Å². The number of hydrogen-bond donors (Lipinski definition) is 3. The lowest BCUT2D eigenvalue weighted by Crippen LogP contribution is -2.24. The first-order chi connectivity index (χ1) is 11.0. The molecule has 9 nitrogen and oxygen atoms in total. The third-order valence-corrected chi connectivity index (χ3v) is 2.55. The van der Waals surface area contributed by atoms with Crippen molar-refractivity contribution < 1.29 is 13.8 Å². The van der Waals surface area contributed by atoms with Crippen LogP contribution in [0.5, 0.6) is 5.88 Å². The average Bonchev–Trinajstić information content (AvgIpc) is 2.96. The molecule has 0 aliphatic heterocycles. The smallest absolute Gasteiger partial charge is 0.287 e. The van der Waals surface area contributed by atoms with E-state index in [9.17, 15) is 4.39 Å². The number of nitrogens with zero attached hydrogens (tertiary/aromatic N) is 4. The fourth-order valence-electron chi connectivity index (χ4n) is 1.54. The van der Waals surface area contributed by atoms with Gasteiger partial charge in [-0.1, -0.05) is 5.46 Å². The van der Waals surface area contributed by atoms with E-state index in [1.54, 1.807) is 0 Å². The number of amidine groups is 1. The summed E-state index contributed by atoms with van der Waals surface area (Å²) in [5, 5.41) is 7.17. The minimum Gasteiger partial charge on any atom is -0.472 e. The molecule has 2 rings (SSSR count). The number of aliphatic imine (C=N–C) groups is 2. The third-order valence-electron chi connectivity index (χ3n) is 2.55. The molecule has 1 heterocycles. The fourth-order valence-corrected chi connectivity index (χ4v) is 1.54. The molecular weight excluding hydrogens is 304 g/mol. The Hall–Kier alpha value is -3.11. The number of nitrogens with two attached hydrogens (primary N) is 3. The molecule has 0 bridgehead atoms. The zero-order valence-electron chi connectivity index (χ0n) is 11.9. The molecule has 0 spiro atoms. The van der Waals surface area contributed by atoms with Crippen LogP contribution in [0.4, 0.5) is 10.1 Å². The Labute approximate surface area is 131 Å². The van der Waals surface area contributed by atoms with Gasteiger partial charge < -0.3 is 21.9 Å². The molecule has 6 N–H and O–H groups in total. The Kier molecular flexibility index (Phi) is 5.13. The second kappa shape index (κ2) is 7.25. The van der Waals surface area contributed by atoms with Crippen molar-refractivity contribution in [2.24, 2.45) is 27.2 Å². The summed E-state index contributed by atoms with van der Waals surface area (Å²) in [7, 11) is 5.46. The molecule has 1 aromatic heterocycles. The Balaban J connectivity index is 2.11. The maximum absolute atomic E-state index is 13.1. The molecule has 0 aliphatic carbocycles. The maximum atomic E-state index is 13.1. The van der Waals surface area contributed by atoms with Gasteiger partial charge in [0, 0.05) is 0 Å². The van der Waals surface area contributed by atoms with Gasteiger partial charge in [-0.25, -0.2) is 14.0 Å². The van der Waals surface area contributed by atoms with Crippen LogP contribution in [0.2, 0.25) is 0 Å². The molecule has 0 saturated heterocycles. The molecule has 0 unspecified atom stereocenters. The van der Waals surface area contributed by atoms with Crippen LogP contribution < -0.4 is 27.4 Å². The second-order valence-corrected chi connectivity index (χ2v) is 4.28. The first-order valence-corrected chi connectivity index (χ1v) is 6.37. The summed E-state index contributed by atoms with van der Waals surface area (Å²) in [6, 6.07) is 3.91. The molecule has 0 aliphatic rings. The maximum Gasteiger partial charge on any atom is 0.287 e. The molecule has 0 fully saturated rings. The van der Waals surface area contributed by atoms with Crippen molar-refractivity contribution >= 4 is 30.8 Å². The monoisotopic (exact) mass is 317 g/mol. The molecule has 0 amide bonds. The van der Waals surface area contributed by atoms with Gasteiger partial charge in [-0.3, -0.25) is 4.99 Å². The van der Waals surface area contributed by atoms with E-state index in [1.807, 2.05) is 0 Å². The van der Waals surface area contributed by atoms with Crippen molar-refractivity contribution in [3.8, 4) is 5.88 Å². The minimum atomic E-state index is -0.547. The average molecular weight is 317 g/mol. The van der Waals surface area contributed by atoms with Crippen molar-refractivity contribution in [1.29, 1.82) is 0 Å². The lowest BCUT2D eigenvalue weighted by Gasteiger charge is -2.03. The molecule has 0 atom stereocenters. The summed E-state index contributed by atoms with van der Waals surface area (Å²) >= 11 is 0. The minimum absolute atomic E-state index is 0.0332. The summed E-state index contributed by atoms with van der Waals surface area (Å²) in [5.74, 6) is -0.599. The number of aromatic nitrogens is 2. The van der Waals surface area contributed by atoms with E-state index in [1.165, 1.54) is 18.2 Å². The van der Waals surface area contributed by atoms with Crippen molar-refractivity contribution in [3.05, 3.63) is 29.7 Å². The zero-order valence-corrected chi connectivity index (χ0v) is 11.9. The van der Waals surface area contributed by atoms with Crippen LogP contribution in [0.25, 0.3) is 0 Å². The molecule has 23 heavy (non-hydrogen) atoms. The highest BCUT2D eigenvalue weighted by molar-refractivity contribution is 6.32. The van der Waals surface area contributed by atoms with E-state index >= 15 is 0 Å². The number of benzene rings is 1. The molecule has 2 radical (unpaired) electrons. The van der Waals surface area contributed by atoms with Gasteiger partial charge in [0.2, 0.25) is 5.69 Å². The van der Waals surface area contributed by atoms with Crippen LogP contribution in [0.15, 0.2) is 32.8 Å². The lowest BCUT2D eigenvalue weighted by molar-refractivity contribution is 0.260. The lowest BCUT2D eigenvalue weighted by atomic mass is 9.95. The van der Waals surface area contributed by atoms with E-state index in [-0.39, 0.29) is 42.0 Å². The number of ether oxygens (including phenoxy) is 1. The van der Waals surface area contributed by atoms with Crippen molar-refractivity contribution in [2.75, 3.05) is 13.2 Å². The summed E-state index contributed by atoms with van der Waals surface area (Å²) in [5.41, 5.74) is 16.6. The SMILES string of the molecule is [B]c1cc(N=C(N)c2nonc2OCCN=C(N)N)ccc1F. The van der Waals surface area contributed by atoms with E-state index < -0.39 is 5.82 Å². The number of guanidine groups is 1. The van der Waals surface area contributed by atoms with E-state index in [2.05, 4.69) is 24.9 Å². The highest BCUT2D eigenvalue weighted by atomic mass is 19.1. The summed E-state index contributed by atoms with van der Waals surface area (Å²) in [6.45, 7) is 0.357. The summed E-state index contributed by atoms with van der Waals surface area (Å²) < 4.78 is 23.0. The summed E-state index contributed by atoms with van der Waals surface area (Å²) in [6.07, 6.45) is 0. The van der Waals surface area contributed by atoms with Gasteiger partial charge in [0.15, 0.2) is 11.8 Å². The van der Waals surface area contributed by atoms with Crippen molar-refractivity contribution in [1.82, 2.24) is 10.3 Å². The van der Waals surface area contributed by atoms with Gasteiger partial charge >= 0.3 is 0 Å².